The van der Waals surface area contributed by atoms with Crippen molar-refractivity contribution in [1.29, 1.82) is 0 Å². The summed E-state index contributed by atoms with van der Waals surface area (Å²) in [5.74, 6) is 0.241. The van der Waals surface area contributed by atoms with E-state index in [2.05, 4.69) is 4.98 Å². The average Bonchev–Trinajstić information content (AvgIpc) is 2.56. The summed E-state index contributed by atoms with van der Waals surface area (Å²) in [6, 6.07) is 0.0251. The molecule has 1 saturated heterocycles. The van der Waals surface area contributed by atoms with E-state index in [4.69, 9.17) is 10.2 Å². The molecule has 1 unspecified atom stereocenters. The highest BCUT2D eigenvalue weighted by Gasteiger charge is 2.34. The molecule has 0 saturated carbocycles. The number of rotatable bonds is 1. The van der Waals surface area contributed by atoms with Crippen molar-refractivity contribution < 1.29 is 12.8 Å². The van der Waals surface area contributed by atoms with E-state index >= 15 is 0 Å². The molecule has 1 aliphatic rings. The highest BCUT2D eigenvalue weighted by atomic mass is 32.2. The maximum Gasteiger partial charge on any atom is 0.292 e. The van der Waals surface area contributed by atoms with Crippen LogP contribution in [0, 0.1) is 0 Å². The van der Waals surface area contributed by atoms with E-state index in [-0.39, 0.29) is 11.8 Å². The third kappa shape index (κ3) is 1.41. The lowest BCUT2D eigenvalue weighted by atomic mass is 10.2. The summed E-state index contributed by atoms with van der Waals surface area (Å²) in [6.07, 6.45) is 2.64. The van der Waals surface area contributed by atoms with Gasteiger partial charge in [-0.05, 0) is 12.8 Å². The van der Waals surface area contributed by atoms with Crippen LogP contribution in [0.15, 0.2) is 10.7 Å². The molecule has 0 spiro atoms. The van der Waals surface area contributed by atoms with Crippen LogP contribution >= 0.6 is 0 Å². The molecule has 0 amide bonds. The first kappa shape index (κ1) is 8.55. The van der Waals surface area contributed by atoms with Gasteiger partial charge in [0.05, 0.1) is 11.4 Å². The Hall–Kier alpha value is -1.04. The van der Waals surface area contributed by atoms with Crippen molar-refractivity contribution in [3.63, 3.8) is 0 Å². The quantitative estimate of drug-likeness (QED) is 0.716. The van der Waals surface area contributed by atoms with Gasteiger partial charge in [-0.25, -0.2) is 8.42 Å². The molecule has 72 valence electrons. The molecule has 0 radical (unpaired) electrons. The monoisotopic (exact) mass is 202 g/mol. The number of nitrogens with zero attached hydrogens (tertiary/aromatic N) is 1. The number of aromatic nitrogens is 1. The molecular formula is C7H10N2O3S. The molecule has 0 aromatic carbocycles. The first-order valence-electron chi connectivity index (χ1n) is 4.02. The summed E-state index contributed by atoms with van der Waals surface area (Å²) < 4.78 is 27.7. The fraction of sp³-hybridized carbons (Fsp3) is 0.571. The van der Waals surface area contributed by atoms with Gasteiger partial charge in [-0.15, -0.1) is 0 Å². The van der Waals surface area contributed by atoms with Gasteiger partial charge in [0.25, 0.3) is 6.01 Å². The van der Waals surface area contributed by atoms with Crippen LogP contribution in [-0.2, 0) is 9.84 Å². The fourth-order valence-corrected chi connectivity index (χ4v) is 3.43. The van der Waals surface area contributed by atoms with Crippen molar-refractivity contribution in [1.82, 2.24) is 4.98 Å². The van der Waals surface area contributed by atoms with Gasteiger partial charge in [0, 0.05) is 0 Å². The van der Waals surface area contributed by atoms with E-state index in [9.17, 15) is 8.42 Å². The molecule has 1 fully saturated rings. The van der Waals surface area contributed by atoms with Gasteiger partial charge < -0.3 is 10.2 Å². The Morgan fingerprint density at radius 3 is 2.85 bits per heavy atom. The van der Waals surface area contributed by atoms with Gasteiger partial charge in [-0.2, -0.15) is 4.98 Å². The normalized spacial score (nSPS) is 26.3. The smallest absolute Gasteiger partial charge is 0.292 e. The van der Waals surface area contributed by atoms with Crippen LogP contribution in [0.5, 0.6) is 0 Å². The third-order valence-electron chi connectivity index (χ3n) is 2.20. The number of sulfone groups is 1. The minimum atomic E-state index is -3.00. The number of nitrogen functional groups attached to an aromatic ring is 1. The zero-order chi connectivity index (χ0) is 9.47. The van der Waals surface area contributed by atoms with Crippen molar-refractivity contribution in [2.45, 2.75) is 18.1 Å². The van der Waals surface area contributed by atoms with E-state index in [1.807, 2.05) is 0 Å². The summed E-state index contributed by atoms with van der Waals surface area (Å²) in [5.41, 5.74) is 5.70. The van der Waals surface area contributed by atoms with Crippen LogP contribution < -0.4 is 5.73 Å². The summed E-state index contributed by atoms with van der Waals surface area (Å²) in [7, 11) is -3.00. The van der Waals surface area contributed by atoms with E-state index in [1.54, 1.807) is 0 Å². The van der Waals surface area contributed by atoms with E-state index in [0.717, 1.165) is 0 Å². The molecular weight excluding hydrogens is 192 g/mol. The molecule has 1 aromatic heterocycles. The lowest BCUT2D eigenvalue weighted by molar-refractivity contribution is 0.573. The van der Waals surface area contributed by atoms with E-state index in [1.165, 1.54) is 6.26 Å². The summed E-state index contributed by atoms with van der Waals surface area (Å²) in [6.45, 7) is 0. The van der Waals surface area contributed by atoms with Gasteiger partial charge in [-0.1, -0.05) is 0 Å². The predicted molar refractivity (Wildman–Crippen MR) is 46.7 cm³/mol. The first-order chi connectivity index (χ1) is 6.09. The Morgan fingerprint density at radius 1 is 1.62 bits per heavy atom. The summed E-state index contributed by atoms with van der Waals surface area (Å²) in [5, 5.41) is -0.506. The van der Waals surface area contributed by atoms with Crippen molar-refractivity contribution in [2.24, 2.45) is 0 Å². The maximum atomic E-state index is 11.4. The highest BCUT2D eigenvalue weighted by Crippen LogP contribution is 2.33. The van der Waals surface area contributed by atoms with Gasteiger partial charge in [0.2, 0.25) is 0 Å². The van der Waals surface area contributed by atoms with Gasteiger partial charge in [-0.3, -0.25) is 0 Å². The van der Waals surface area contributed by atoms with Crippen LogP contribution in [0.3, 0.4) is 0 Å². The van der Waals surface area contributed by atoms with Crippen molar-refractivity contribution in [2.75, 3.05) is 11.5 Å². The zero-order valence-electron chi connectivity index (χ0n) is 6.93. The molecule has 1 aromatic rings. The SMILES string of the molecule is Nc1nc(C2CCCS2(=O)=O)co1. The van der Waals surface area contributed by atoms with Crippen molar-refractivity contribution in [3.8, 4) is 0 Å². The topological polar surface area (TPSA) is 86.2 Å². The van der Waals surface area contributed by atoms with E-state index < -0.39 is 15.1 Å². The van der Waals surface area contributed by atoms with Gasteiger partial charge in [0.1, 0.15) is 11.5 Å². The molecule has 0 aliphatic carbocycles. The second-order valence-electron chi connectivity index (χ2n) is 3.11. The van der Waals surface area contributed by atoms with Crippen LogP contribution in [0.1, 0.15) is 23.8 Å². The molecule has 2 rings (SSSR count). The number of hydrogen-bond acceptors (Lipinski definition) is 5. The van der Waals surface area contributed by atoms with Crippen LogP contribution in [0.2, 0.25) is 0 Å². The molecule has 5 nitrogen and oxygen atoms in total. The number of anilines is 1. The standard InChI is InChI=1S/C7H10N2O3S/c8-7-9-5(4-12-7)6-2-1-3-13(6,10)11/h4,6H,1-3H2,(H2,8,9). The number of hydrogen-bond donors (Lipinski definition) is 1. The largest absolute Gasteiger partial charge is 0.432 e. The average molecular weight is 202 g/mol. The summed E-state index contributed by atoms with van der Waals surface area (Å²) >= 11 is 0. The van der Waals surface area contributed by atoms with E-state index in [0.29, 0.717) is 18.5 Å². The minimum Gasteiger partial charge on any atom is -0.432 e. The minimum absolute atomic E-state index is 0.0251. The van der Waals surface area contributed by atoms with Crippen molar-refractivity contribution in [3.05, 3.63) is 12.0 Å². The molecule has 1 aliphatic heterocycles. The van der Waals surface area contributed by atoms with Gasteiger partial charge in [0.15, 0.2) is 9.84 Å². The molecule has 0 bridgehead atoms. The second kappa shape index (κ2) is 2.73. The number of oxazole rings is 1. The third-order valence-corrected chi connectivity index (χ3v) is 4.40. The van der Waals surface area contributed by atoms with Crippen LogP contribution in [0.25, 0.3) is 0 Å². The second-order valence-corrected chi connectivity index (χ2v) is 5.41. The maximum absolute atomic E-state index is 11.4. The highest BCUT2D eigenvalue weighted by molar-refractivity contribution is 7.91. The fourth-order valence-electron chi connectivity index (χ4n) is 1.57. The Kier molecular flexibility index (Phi) is 1.80. The molecule has 2 heterocycles. The first-order valence-corrected chi connectivity index (χ1v) is 5.73. The Bertz CT molecular complexity index is 409. The summed E-state index contributed by atoms with van der Waals surface area (Å²) in [4.78, 5) is 3.82. The Labute approximate surface area is 75.9 Å². The van der Waals surface area contributed by atoms with Crippen LogP contribution in [-0.4, -0.2) is 19.2 Å². The molecule has 13 heavy (non-hydrogen) atoms. The predicted octanol–water partition coefficient (Wildman–Crippen LogP) is 0.506. The van der Waals surface area contributed by atoms with Gasteiger partial charge >= 0.3 is 0 Å². The van der Waals surface area contributed by atoms with Crippen molar-refractivity contribution >= 4 is 15.9 Å². The molecule has 6 heteroatoms. The lowest BCUT2D eigenvalue weighted by Crippen LogP contribution is -2.08. The zero-order valence-corrected chi connectivity index (χ0v) is 7.75. The Balaban J connectivity index is 2.37. The van der Waals surface area contributed by atoms with Crippen LogP contribution in [0.4, 0.5) is 6.01 Å². The lowest BCUT2D eigenvalue weighted by Gasteiger charge is -2.02. The number of nitrogens with two attached hydrogens (primary N) is 1. The molecule has 1 atom stereocenters. The Morgan fingerprint density at radius 2 is 2.38 bits per heavy atom. The molecule has 2 N–H and O–H groups in total.